The van der Waals surface area contributed by atoms with E-state index in [1.807, 2.05) is 24.3 Å². The zero-order chi connectivity index (χ0) is 21.1. The Labute approximate surface area is 183 Å². The Balaban J connectivity index is 1.76. The summed E-state index contributed by atoms with van der Waals surface area (Å²) in [5.41, 5.74) is 1.64. The first kappa shape index (κ1) is 20.5. The monoisotopic (exact) mass is 470 g/mol. The fourth-order valence-corrected chi connectivity index (χ4v) is 4.11. The molecule has 1 aromatic carbocycles. The van der Waals surface area contributed by atoms with Crippen LogP contribution in [-0.4, -0.2) is 29.7 Å². The maximum atomic E-state index is 12.8. The van der Waals surface area contributed by atoms with E-state index in [1.165, 1.54) is 17.2 Å². The van der Waals surface area contributed by atoms with Crippen LogP contribution in [0.15, 0.2) is 45.8 Å². The predicted molar refractivity (Wildman–Crippen MR) is 121 cm³/mol. The minimum atomic E-state index is -0.202. The average Bonchev–Trinajstić information content (AvgIpc) is 3.28. The number of benzene rings is 1. The largest absolute Gasteiger partial charge is 0.493 e. The number of hydrogen-bond donors (Lipinski definition) is 0. The molecule has 0 aliphatic heterocycles. The van der Waals surface area contributed by atoms with E-state index < -0.39 is 0 Å². The molecule has 0 radical (unpaired) electrons. The van der Waals surface area contributed by atoms with E-state index in [1.54, 1.807) is 38.6 Å². The number of nitrogens with zero attached hydrogens (tertiary/aromatic N) is 2. The lowest BCUT2D eigenvalue weighted by Crippen LogP contribution is -2.17. The van der Waals surface area contributed by atoms with E-state index in [4.69, 9.17) is 14.2 Å². The van der Waals surface area contributed by atoms with Crippen molar-refractivity contribution in [3.8, 4) is 17.2 Å². The van der Waals surface area contributed by atoms with Crippen LogP contribution < -0.4 is 19.8 Å². The second-order valence-corrected chi connectivity index (χ2v) is 7.92. The number of para-hydroxylation sites is 1. The molecule has 7 heteroatoms. The summed E-state index contributed by atoms with van der Waals surface area (Å²) in [4.78, 5) is 17.4. The normalized spacial score (nSPS) is 14.5. The summed E-state index contributed by atoms with van der Waals surface area (Å²) in [7, 11) is 3.20. The highest BCUT2D eigenvalue weighted by molar-refractivity contribution is 9.10. The van der Waals surface area contributed by atoms with Gasteiger partial charge in [-0.25, -0.2) is 4.98 Å². The minimum absolute atomic E-state index is 0.202. The van der Waals surface area contributed by atoms with Gasteiger partial charge in [0.15, 0.2) is 22.9 Å². The van der Waals surface area contributed by atoms with Crippen LogP contribution in [-0.2, 0) is 0 Å². The number of aromatic nitrogens is 2. The molecular weight excluding hydrogens is 448 g/mol. The Hall–Kier alpha value is -2.80. The number of ether oxygens (including phenoxy) is 3. The summed E-state index contributed by atoms with van der Waals surface area (Å²) in [6, 6.07) is 9.30. The first-order chi connectivity index (χ1) is 14.6. The van der Waals surface area contributed by atoms with Crippen molar-refractivity contribution >= 4 is 33.7 Å². The van der Waals surface area contributed by atoms with Crippen LogP contribution in [0.2, 0.25) is 0 Å². The van der Waals surface area contributed by atoms with Crippen LogP contribution >= 0.6 is 15.9 Å². The third-order valence-electron chi connectivity index (χ3n) is 5.25. The third-order valence-corrected chi connectivity index (χ3v) is 5.99. The van der Waals surface area contributed by atoms with Crippen molar-refractivity contribution in [1.29, 1.82) is 0 Å². The van der Waals surface area contributed by atoms with E-state index in [0.29, 0.717) is 27.3 Å². The number of halogens is 1. The molecule has 3 aromatic rings. The van der Waals surface area contributed by atoms with Crippen molar-refractivity contribution in [1.82, 2.24) is 9.38 Å². The predicted octanol–water partition coefficient (Wildman–Crippen LogP) is 4.97. The standard InChI is InChI=1S/C23H23BrN2O4/c1-28-18-10-5-7-15(21(18)30-16-8-3-4-9-16)12-13-17-20(24)23(27)26-14-6-11-19(29-2)22(26)25-17/h5-7,10-14,16H,3-4,8-9H2,1-2H3. The van der Waals surface area contributed by atoms with Crippen LogP contribution in [0, 0.1) is 0 Å². The van der Waals surface area contributed by atoms with Crippen molar-refractivity contribution < 1.29 is 14.2 Å². The molecular formula is C23H23BrN2O4. The smallest absolute Gasteiger partial charge is 0.272 e. The number of pyridine rings is 1. The first-order valence-corrected chi connectivity index (χ1v) is 10.7. The van der Waals surface area contributed by atoms with Crippen LogP contribution in [0.25, 0.3) is 17.8 Å². The Morgan fingerprint density at radius 3 is 2.53 bits per heavy atom. The van der Waals surface area contributed by atoms with Crippen LogP contribution in [0.4, 0.5) is 0 Å². The van der Waals surface area contributed by atoms with Gasteiger partial charge in [0.25, 0.3) is 5.56 Å². The van der Waals surface area contributed by atoms with Crippen molar-refractivity contribution in [3.63, 3.8) is 0 Å². The molecule has 4 rings (SSSR count). The molecule has 30 heavy (non-hydrogen) atoms. The lowest BCUT2D eigenvalue weighted by atomic mass is 10.1. The quantitative estimate of drug-likeness (QED) is 0.508. The average molecular weight is 471 g/mol. The van der Waals surface area contributed by atoms with E-state index in [2.05, 4.69) is 20.9 Å². The zero-order valence-corrected chi connectivity index (χ0v) is 18.5. The summed E-state index contributed by atoms with van der Waals surface area (Å²) >= 11 is 3.40. The van der Waals surface area contributed by atoms with E-state index in [9.17, 15) is 4.79 Å². The second-order valence-electron chi connectivity index (χ2n) is 7.12. The van der Waals surface area contributed by atoms with E-state index in [-0.39, 0.29) is 11.7 Å². The molecule has 6 nitrogen and oxygen atoms in total. The Bertz CT molecular complexity index is 1150. The van der Waals surface area contributed by atoms with E-state index in [0.717, 1.165) is 24.2 Å². The molecule has 2 aromatic heterocycles. The van der Waals surface area contributed by atoms with Gasteiger partial charge in [0.2, 0.25) is 0 Å². The molecule has 0 atom stereocenters. The first-order valence-electron chi connectivity index (χ1n) is 9.89. The van der Waals surface area contributed by atoms with Gasteiger partial charge in [-0.3, -0.25) is 9.20 Å². The Morgan fingerprint density at radius 1 is 1.07 bits per heavy atom. The molecule has 156 valence electrons. The van der Waals surface area contributed by atoms with Gasteiger partial charge in [0.1, 0.15) is 4.47 Å². The summed E-state index contributed by atoms with van der Waals surface area (Å²) < 4.78 is 19.0. The second kappa shape index (κ2) is 8.92. The number of rotatable bonds is 6. The molecule has 1 aliphatic carbocycles. The molecule has 1 saturated carbocycles. The fourth-order valence-electron chi connectivity index (χ4n) is 3.69. The molecule has 0 unspecified atom stereocenters. The van der Waals surface area contributed by atoms with Crippen molar-refractivity contribution in [2.45, 2.75) is 31.8 Å². The lowest BCUT2D eigenvalue weighted by Gasteiger charge is -2.18. The maximum Gasteiger partial charge on any atom is 0.272 e. The summed E-state index contributed by atoms with van der Waals surface area (Å²) in [6.07, 6.45) is 10.0. The van der Waals surface area contributed by atoms with Gasteiger partial charge < -0.3 is 14.2 Å². The highest BCUT2D eigenvalue weighted by Crippen LogP contribution is 2.36. The molecule has 0 bridgehead atoms. The van der Waals surface area contributed by atoms with Crippen molar-refractivity contribution in [2.75, 3.05) is 14.2 Å². The summed E-state index contributed by atoms with van der Waals surface area (Å²) in [5.74, 6) is 1.94. The third kappa shape index (κ3) is 3.94. The maximum absolute atomic E-state index is 12.8. The molecule has 0 saturated heterocycles. The highest BCUT2D eigenvalue weighted by Gasteiger charge is 2.20. The molecule has 1 aliphatic rings. The Morgan fingerprint density at radius 2 is 1.80 bits per heavy atom. The van der Waals surface area contributed by atoms with Crippen LogP contribution in [0.3, 0.4) is 0 Å². The summed E-state index contributed by atoms with van der Waals surface area (Å²) in [6.45, 7) is 0. The molecule has 2 heterocycles. The fraction of sp³-hybridized carbons (Fsp3) is 0.304. The molecule has 0 N–H and O–H groups in total. The summed E-state index contributed by atoms with van der Waals surface area (Å²) in [5, 5.41) is 0. The lowest BCUT2D eigenvalue weighted by molar-refractivity contribution is 0.200. The molecule has 0 amide bonds. The van der Waals surface area contributed by atoms with Gasteiger partial charge in [0, 0.05) is 11.8 Å². The number of methoxy groups -OCH3 is 2. The van der Waals surface area contributed by atoms with Crippen LogP contribution in [0.1, 0.15) is 36.9 Å². The molecule has 0 spiro atoms. The SMILES string of the molecule is COc1cccc(C=Cc2nc3c(OC)cccn3c(=O)c2Br)c1OC1CCCC1. The highest BCUT2D eigenvalue weighted by atomic mass is 79.9. The Kier molecular flexibility index (Phi) is 6.08. The van der Waals surface area contributed by atoms with Gasteiger partial charge >= 0.3 is 0 Å². The van der Waals surface area contributed by atoms with Crippen LogP contribution in [0.5, 0.6) is 17.2 Å². The van der Waals surface area contributed by atoms with Gasteiger partial charge in [-0.15, -0.1) is 0 Å². The number of hydrogen-bond acceptors (Lipinski definition) is 5. The van der Waals surface area contributed by atoms with Gasteiger partial charge in [0.05, 0.1) is 26.0 Å². The van der Waals surface area contributed by atoms with Gasteiger partial charge in [-0.1, -0.05) is 12.1 Å². The van der Waals surface area contributed by atoms with Gasteiger partial charge in [-0.2, -0.15) is 0 Å². The van der Waals surface area contributed by atoms with Gasteiger partial charge in [-0.05, 0) is 72.0 Å². The van der Waals surface area contributed by atoms with Crippen molar-refractivity contribution in [2.24, 2.45) is 0 Å². The zero-order valence-electron chi connectivity index (χ0n) is 16.9. The van der Waals surface area contributed by atoms with E-state index >= 15 is 0 Å². The van der Waals surface area contributed by atoms with Crippen molar-refractivity contribution in [3.05, 3.63) is 62.6 Å². The topological polar surface area (TPSA) is 62.1 Å². The molecule has 1 fully saturated rings. The minimum Gasteiger partial charge on any atom is -0.493 e. The number of fused-ring (bicyclic) bond motifs is 1.